The Morgan fingerprint density at radius 3 is 2.03 bits per heavy atom. The van der Waals surface area contributed by atoms with Gasteiger partial charge in [-0.3, -0.25) is 4.79 Å². The van der Waals surface area contributed by atoms with E-state index in [1.54, 1.807) is 50.2 Å². The lowest BCUT2D eigenvalue weighted by molar-refractivity contribution is 0.0472. The molecule has 32 heavy (non-hydrogen) atoms. The fraction of sp³-hybridized carbons (Fsp3) is 0.167. The molecule has 3 rings (SSSR count). The maximum atomic E-state index is 12.3. The number of carbonyl (C=O) groups is 2. The largest absolute Gasteiger partial charge is 0.457 e. The number of anilines is 1. The van der Waals surface area contributed by atoms with Gasteiger partial charge in [-0.1, -0.05) is 30.3 Å². The maximum absolute atomic E-state index is 12.3. The van der Waals surface area contributed by atoms with Gasteiger partial charge < -0.3 is 10.1 Å². The maximum Gasteiger partial charge on any atom is 0.338 e. The van der Waals surface area contributed by atoms with E-state index in [4.69, 9.17) is 4.74 Å². The van der Waals surface area contributed by atoms with Gasteiger partial charge in [-0.05, 0) is 67.9 Å². The minimum atomic E-state index is -3.62. The van der Waals surface area contributed by atoms with Crippen LogP contribution in [0, 0.1) is 0 Å². The zero-order chi connectivity index (χ0) is 23.1. The van der Waals surface area contributed by atoms with Gasteiger partial charge in [0.25, 0.3) is 5.91 Å². The van der Waals surface area contributed by atoms with E-state index in [-0.39, 0.29) is 29.0 Å². The first-order valence-electron chi connectivity index (χ1n) is 9.99. The highest BCUT2D eigenvalue weighted by Gasteiger charge is 2.16. The molecule has 0 saturated carbocycles. The summed E-state index contributed by atoms with van der Waals surface area (Å²) in [7, 11) is -3.62. The van der Waals surface area contributed by atoms with Crippen molar-refractivity contribution in [2.45, 2.75) is 31.4 Å². The number of para-hydroxylation sites is 1. The Morgan fingerprint density at radius 2 is 1.44 bits per heavy atom. The van der Waals surface area contributed by atoms with Crippen molar-refractivity contribution in [2.75, 3.05) is 5.32 Å². The van der Waals surface area contributed by atoms with Crippen LogP contribution in [0.1, 0.15) is 40.1 Å². The van der Waals surface area contributed by atoms with Crippen LogP contribution < -0.4 is 10.0 Å². The molecule has 0 heterocycles. The lowest BCUT2D eigenvalue weighted by Crippen LogP contribution is -2.30. The molecule has 0 saturated heterocycles. The molecule has 2 N–H and O–H groups in total. The molecule has 1 amide bonds. The Kier molecular flexibility index (Phi) is 7.40. The highest BCUT2D eigenvalue weighted by atomic mass is 32.2. The lowest BCUT2D eigenvalue weighted by atomic mass is 10.1. The second-order valence-corrected chi connectivity index (χ2v) is 9.11. The fourth-order valence-electron chi connectivity index (χ4n) is 2.86. The van der Waals surface area contributed by atoms with E-state index >= 15 is 0 Å². The molecule has 0 atom stereocenters. The Bertz CT molecular complexity index is 1170. The summed E-state index contributed by atoms with van der Waals surface area (Å²) in [4.78, 5) is 24.6. The SMILES string of the molecule is CC(C)NS(=O)(=O)c1ccc(C(=O)OCc2ccc(C(=O)Nc3ccccc3)cc2)cc1. The molecule has 166 valence electrons. The normalized spacial score (nSPS) is 11.2. The van der Waals surface area contributed by atoms with E-state index in [1.165, 1.54) is 24.3 Å². The molecule has 0 bridgehead atoms. The van der Waals surface area contributed by atoms with Crippen LogP contribution in [0.3, 0.4) is 0 Å². The molecule has 0 aliphatic heterocycles. The molecule has 0 fully saturated rings. The summed E-state index contributed by atoms with van der Waals surface area (Å²) in [6.45, 7) is 3.48. The number of ether oxygens (including phenoxy) is 1. The predicted molar refractivity (Wildman–Crippen MR) is 122 cm³/mol. The highest BCUT2D eigenvalue weighted by Crippen LogP contribution is 2.14. The summed E-state index contributed by atoms with van der Waals surface area (Å²) < 4.78 is 32.1. The molecule has 0 aliphatic rings. The van der Waals surface area contributed by atoms with E-state index in [0.717, 1.165) is 5.56 Å². The summed E-state index contributed by atoms with van der Waals surface area (Å²) in [6.07, 6.45) is 0. The first kappa shape index (κ1) is 23.2. The van der Waals surface area contributed by atoms with Crippen LogP contribution in [0.2, 0.25) is 0 Å². The standard InChI is InChI=1S/C24H24N2O5S/c1-17(2)26-32(29,30)22-14-12-20(13-15-22)24(28)31-16-18-8-10-19(11-9-18)23(27)25-21-6-4-3-5-7-21/h3-15,17,26H,16H2,1-2H3,(H,25,27). The van der Waals surface area contributed by atoms with Crippen LogP contribution in [0.5, 0.6) is 0 Å². The van der Waals surface area contributed by atoms with E-state index in [1.807, 2.05) is 18.2 Å². The van der Waals surface area contributed by atoms with Crippen molar-refractivity contribution in [1.29, 1.82) is 0 Å². The van der Waals surface area contributed by atoms with Gasteiger partial charge in [0.15, 0.2) is 0 Å². The van der Waals surface area contributed by atoms with Gasteiger partial charge in [-0.15, -0.1) is 0 Å². The number of carbonyl (C=O) groups excluding carboxylic acids is 2. The topological polar surface area (TPSA) is 102 Å². The fourth-order valence-corrected chi connectivity index (χ4v) is 4.11. The number of amides is 1. The third-order valence-electron chi connectivity index (χ3n) is 4.41. The van der Waals surface area contributed by atoms with Gasteiger partial charge in [-0.25, -0.2) is 17.9 Å². The van der Waals surface area contributed by atoms with Crippen molar-refractivity contribution >= 4 is 27.6 Å². The third-order valence-corrected chi connectivity index (χ3v) is 6.08. The average molecular weight is 453 g/mol. The number of hydrogen-bond acceptors (Lipinski definition) is 5. The first-order chi connectivity index (χ1) is 15.2. The van der Waals surface area contributed by atoms with E-state index < -0.39 is 16.0 Å². The molecular formula is C24H24N2O5S. The van der Waals surface area contributed by atoms with Gasteiger partial charge >= 0.3 is 5.97 Å². The average Bonchev–Trinajstić information content (AvgIpc) is 2.77. The summed E-state index contributed by atoms with van der Waals surface area (Å²) in [5.41, 5.74) is 2.15. The van der Waals surface area contributed by atoms with E-state index in [0.29, 0.717) is 11.3 Å². The third kappa shape index (κ3) is 6.26. The highest BCUT2D eigenvalue weighted by molar-refractivity contribution is 7.89. The van der Waals surface area contributed by atoms with Crippen molar-refractivity contribution in [2.24, 2.45) is 0 Å². The number of sulfonamides is 1. The van der Waals surface area contributed by atoms with Gasteiger partial charge in [0.1, 0.15) is 6.61 Å². The smallest absolute Gasteiger partial charge is 0.338 e. The summed E-state index contributed by atoms with van der Waals surface area (Å²) in [5.74, 6) is -0.807. The molecule has 0 aliphatic carbocycles. The molecule has 7 nitrogen and oxygen atoms in total. The zero-order valence-corrected chi connectivity index (χ0v) is 18.6. The molecule has 8 heteroatoms. The Hall–Kier alpha value is -3.49. The number of rotatable bonds is 8. The molecule has 0 unspecified atom stereocenters. The van der Waals surface area contributed by atoms with Crippen molar-refractivity contribution in [3.8, 4) is 0 Å². The zero-order valence-electron chi connectivity index (χ0n) is 17.7. The lowest BCUT2D eigenvalue weighted by Gasteiger charge is -2.10. The van der Waals surface area contributed by atoms with Gasteiger partial charge in [0.2, 0.25) is 10.0 Å². The van der Waals surface area contributed by atoms with Crippen LogP contribution in [0.25, 0.3) is 0 Å². The Morgan fingerprint density at radius 1 is 0.844 bits per heavy atom. The minimum absolute atomic E-state index is 0.0222. The number of esters is 1. The molecular weight excluding hydrogens is 428 g/mol. The number of nitrogens with one attached hydrogen (secondary N) is 2. The van der Waals surface area contributed by atoms with Gasteiger partial charge in [0.05, 0.1) is 10.5 Å². The Balaban J connectivity index is 1.56. The van der Waals surface area contributed by atoms with Crippen LogP contribution in [0.15, 0.2) is 83.8 Å². The van der Waals surface area contributed by atoms with Crippen LogP contribution >= 0.6 is 0 Å². The van der Waals surface area contributed by atoms with Crippen molar-refractivity contribution in [3.63, 3.8) is 0 Å². The van der Waals surface area contributed by atoms with Crippen molar-refractivity contribution in [3.05, 3.63) is 95.6 Å². The summed E-state index contributed by atoms with van der Waals surface area (Å²) in [5, 5.41) is 2.80. The molecule has 3 aromatic rings. The number of hydrogen-bond donors (Lipinski definition) is 2. The quantitative estimate of drug-likeness (QED) is 0.504. The molecule has 0 spiro atoms. The second-order valence-electron chi connectivity index (χ2n) is 7.39. The number of benzene rings is 3. The van der Waals surface area contributed by atoms with Crippen molar-refractivity contribution in [1.82, 2.24) is 4.72 Å². The molecule has 0 radical (unpaired) electrons. The van der Waals surface area contributed by atoms with Crippen LogP contribution in [-0.4, -0.2) is 26.3 Å². The minimum Gasteiger partial charge on any atom is -0.457 e. The molecule has 0 aromatic heterocycles. The van der Waals surface area contributed by atoms with E-state index in [2.05, 4.69) is 10.0 Å². The van der Waals surface area contributed by atoms with Crippen molar-refractivity contribution < 1.29 is 22.7 Å². The van der Waals surface area contributed by atoms with Gasteiger partial charge in [0, 0.05) is 17.3 Å². The monoisotopic (exact) mass is 452 g/mol. The first-order valence-corrected chi connectivity index (χ1v) is 11.5. The summed E-state index contributed by atoms with van der Waals surface area (Å²) >= 11 is 0. The Labute approximate surface area is 187 Å². The van der Waals surface area contributed by atoms with Gasteiger partial charge in [-0.2, -0.15) is 0 Å². The second kappa shape index (κ2) is 10.2. The molecule has 3 aromatic carbocycles. The summed E-state index contributed by atoms with van der Waals surface area (Å²) in [6, 6.07) is 21.2. The van der Waals surface area contributed by atoms with Crippen LogP contribution in [-0.2, 0) is 21.4 Å². The predicted octanol–water partition coefficient (Wildman–Crippen LogP) is 3.98. The van der Waals surface area contributed by atoms with E-state index in [9.17, 15) is 18.0 Å². The van der Waals surface area contributed by atoms with Crippen LogP contribution in [0.4, 0.5) is 5.69 Å².